The largest absolute Gasteiger partial charge is 0.508 e. The van der Waals surface area contributed by atoms with E-state index < -0.39 is 53.3 Å². The summed E-state index contributed by atoms with van der Waals surface area (Å²) in [6.45, 7) is 14.3. The third-order valence-electron chi connectivity index (χ3n) is 8.33. The van der Waals surface area contributed by atoms with Gasteiger partial charge in [0.15, 0.2) is 11.8 Å². The zero-order valence-corrected chi connectivity index (χ0v) is 34.2. The van der Waals surface area contributed by atoms with Crippen LogP contribution >= 0.6 is 0 Å². The van der Waals surface area contributed by atoms with E-state index in [9.17, 15) is 24.3 Å². The van der Waals surface area contributed by atoms with Gasteiger partial charge in [0.05, 0.1) is 0 Å². The molecular weight excluding hydrogens is 734 g/mol. The molecule has 4 amide bonds. The number of rotatable bonds is 18. The van der Waals surface area contributed by atoms with Gasteiger partial charge in [0.25, 0.3) is 0 Å². The van der Waals surface area contributed by atoms with Crippen molar-refractivity contribution in [3.05, 3.63) is 76.4 Å². The zero-order chi connectivity index (χ0) is 42.3. The fourth-order valence-corrected chi connectivity index (χ4v) is 5.79. The Kier molecular flexibility index (Phi) is 16.7. The lowest BCUT2D eigenvalue weighted by atomic mass is 9.95. The van der Waals surface area contributed by atoms with Crippen molar-refractivity contribution in [1.29, 1.82) is 0 Å². The van der Waals surface area contributed by atoms with Gasteiger partial charge >= 0.3 is 12.2 Å². The van der Waals surface area contributed by atoms with Gasteiger partial charge in [-0.1, -0.05) is 35.5 Å². The standard InChI is InChI=1S/C40H59N9O8/c1-24-20-27(50)21-25(2)28(24)23-31(46-33(51)29(17-19-43-36(41)42)47-38(54)56-40(6,7)8)34(52)45-30(16-12-13-18-44-37(53)55-39(3,4)5)35-48-32(49-57-35)22-26-14-10-9-11-15-26/h9-11,14-15,20-21,29-31,50H,12-13,16-19,22-23H2,1-8H3,(H,44,53)(H,45,52)(H,46,51)(H,47,54)(H4,41,42,43)/t29?,30-,31-/m0/s1. The molecule has 3 atom stereocenters. The molecule has 17 nitrogen and oxygen atoms in total. The van der Waals surface area contributed by atoms with Crippen LogP contribution in [0.4, 0.5) is 9.59 Å². The van der Waals surface area contributed by atoms with Crippen LogP contribution in [-0.4, -0.2) is 81.6 Å². The predicted molar refractivity (Wildman–Crippen MR) is 214 cm³/mol. The van der Waals surface area contributed by atoms with E-state index in [4.69, 9.17) is 25.5 Å². The van der Waals surface area contributed by atoms with Crippen LogP contribution in [-0.2, 0) is 31.9 Å². The summed E-state index contributed by atoms with van der Waals surface area (Å²) >= 11 is 0. The number of carbonyl (C=O) groups is 4. The average molecular weight is 794 g/mol. The van der Waals surface area contributed by atoms with E-state index in [1.807, 2.05) is 30.3 Å². The summed E-state index contributed by atoms with van der Waals surface area (Å²) in [5, 5.41) is 25.5. The van der Waals surface area contributed by atoms with E-state index >= 15 is 0 Å². The maximum absolute atomic E-state index is 14.4. The van der Waals surface area contributed by atoms with Crippen molar-refractivity contribution >= 4 is 30.0 Å². The number of hydrogen-bond acceptors (Lipinski definition) is 11. The van der Waals surface area contributed by atoms with Gasteiger partial charge in [0, 0.05) is 25.9 Å². The van der Waals surface area contributed by atoms with Gasteiger partial charge in [-0.15, -0.1) is 0 Å². The molecule has 0 saturated heterocycles. The molecule has 0 aliphatic carbocycles. The summed E-state index contributed by atoms with van der Waals surface area (Å²) in [5.41, 5.74) is 12.6. The van der Waals surface area contributed by atoms with Gasteiger partial charge in [-0.05, 0) is 115 Å². The number of aliphatic imine (C=N–C) groups is 1. The van der Waals surface area contributed by atoms with Crippen molar-refractivity contribution in [2.45, 2.75) is 123 Å². The molecule has 0 bridgehead atoms. The highest BCUT2D eigenvalue weighted by molar-refractivity contribution is 5.91. The third-order valence-corrected chi connectivity index (χ3v) is 8.33. The van der Waals surface area contributed by atoms with Crippen LogP contribution < -0.4 is 32.7 Å². The Hall–Kier alpha value is -5.87. The number of nitrogens with zero attached hydrogens (tertiary/aromatic N) is 3. The number of aromatic nitrogens is 2. The Labute approximate surface area is 334 Å². The SMILES string of the molecule is Cc1cc(O)cc(C)c1C[C@H](NC(=O)C(CCN=C(N)N)NC(=O)OC(C)(C)C)C(=O)N[C@@H](CCCCNC(=O)OC(C)(C)C)c1nc(Cc2ccccc2)no1. The molecule has 1 heterocycles. The van der Waals surface area contributed by atoms with E-state index in [2.05, 4.69) is 36.4 Å². The Morgan fingerprint density at radius 2 is 1.46 bits per heavy atom. The minimum atomic E-state index is -1.19. The second kappa shape index (κ2) is 20.9. The number of alkyl carbamates (subject to hydrolysis) is 2. The maximum Gasteiger partial charge on any atom is 0.408 e. The number of aromatic hydroxyl groups is 1. The lowest BCUT2D eigenvalue weighted by molar-refractivity contribution is -0.130. The number of hydrogen-bond donors (Lipinski definition) is 7. The Morgan fingerprint density at radius 1 is 0.842 bits per heavy atom. The summed E-state index contributed by atoms with van der Waals surface area (Å²) in [7, 11) is 0. The molecular formula is C40H59N9O8. The predicted octanol–water partition coefficient (Wildman–Crippen LogP) is 4.12. The summed E-state index contributed by atoms with van der Waals surface area (Å²) in [5.74, 6) is -0.813. The molecule has 17 heteroatoms. The fraction of sp³-hybridized carbons (Fsp3) is 0.525. The van der Waals surface area contributed by atoms with Crippen molar-refractivity contribution in [2.75, 3.05) is 13.1 Å². The van der Waals surface area contributed by atoms with Crippen LogP contribution in [0.3, 0.4) is 0 Å². The molecule has 0 aliphatic heterocycles. The molecule has 0 fully saturated rings. The van der Waals surface area contributed by atoms with Gasteiger partial charge in [-0.2, -0.15) is 4.98 Å². The van der Waals surface area contributed by atoms with Crippen LogP contribution in [0.25, 0.3) is 0 Å². The topological polar surface area (TPSA) is 258 Å². The smallest absolute Gasteiger partial charge is 0.408 e. The number of nitrogens with two attached hydrogens (primary N) is 2. The maximum atomic E-state index is 14.4. The molecule has 312 valence electrons. The summed E-state index contributed by atoms with van der Waals surface area (Å²) < 4.78 is 16.4. The highest BCUT2D eigenvalue weighted by Gasteiger charge is 2.32. The average Bonchev–Trinajstić information content (AvgIpc) is 3.54. The van der Waals surface area contributed by atoms with E-state index in [1.165, 1.54) is 0 Å². The summed E-state index contributed by atoms with van der Waals surface area (Å²) in [4.78, 5) is 61.9. The first kappa shape index (κ1) is 45.5. The summed E-state index contributed by atoms with van der Waals surface area (Å²) in [6, 6.07) is 9.59. The minimum absolute atomic E-state index is 0.00338. The minimum Gasteiger partial charge on any atom is -0.508 e. The molecule has 1 aromatic heterocycles. The number of guanidine groups is 1. The first-order valence-corrected chi connectivity index (χ1v) is 19.0. The van der Waals surface area contributed by atoms with Crippen molar-refractivity contribution < 1.29 is 38.3 Å². The first-order valence-electron chi connectivity index (χ1n) is 19.0. The fourth-order valence-electron chi connectivity index (χ4n) is 5.79. The lowest BCUT2D eigenvalue weighted by Crippen LogP contribution is -2.55. The molecule has 2 aromatic carbocycles. The van der Waals surface area contributed by atoms with Crippen LogP contribution in [0.2, 0.25) is 0 Å². The van der Waals surface area contributed by atoms with E-state index in [0.29, 0.717) is 49.2 Å². The van der Waals surface area contributed by atoms with Crippen LogP contribution in [0.15, 0.2) is 52.0 Å². The molecule has 0 saturated carbocycles. The molecule has 57 heavy (non-hydrogen) atoms. The number of nitrogens with one attached hydrogen (secondary N) is 4. The molecule has 9 N–H and O–H groups in total. The molecule has 0 radical (unpaired) electrons. The number of amides is 4. The molecule has 0 spiro atoms. The van der Waals surface area contributed by atoms with Gasteiger partial charge < -0.3 is 51.8 Å². The highest BCUT2D eigenvalue weighted by Crippen LogP contribution is 2.24. The highest BCUT2D eigenvalue weighted by atomic mass is 16.6. The number of phenols is 1. The van der Waals surface area contributed by atoms with Crippen LogP contribution in [0.1, 0.15) is 107 Å². The normalized spacial score (nSPS) is 13.1. The quantitative estimate of drug-likeness (QED) is 0.0545. The summed E-state index contributed by atoms with van der Waals surface area (Å²) in [6.07, 6.45) is 0.434. The second-order valence-electron chi connectivity index (χ2n) is 15.8. The van der Waals surface area contributed by atoms with E-state index in [0.717, 1.165) is 11.1 Å². The number of phenolic OH excluding ortho intramolecular Hbond substituents is 1. The Bertz CT molecular complexity index is 1810. The van der Waals surface area contributed by atoms with E-state index in [-0.39, 0.29) is 37.0 Å². The number of ether oxygens (including phenoxy) is 2. The second-order valence-corrected chi connectivity index (χ2v) is 15.8. The number of aryl methyl sites for hydroxylation is 2. The monoisotopic (exact) mass is 793 g/mol. The molecule has 3 rings (SSSR count). The van der Waals surface area contributed by atoms with Gasteiger partial charge in [-0.25, -0.2) is 9.59 Å². The Balaban J connectivity index is 1.92. The van der Waals surface area contributed by atoms with Crippen molar-refractivity contribution in [3.8, 4) is 5.75 Å². The van der Waals surface area contributed by atoms with Gasteiger partial charge in [0.1, 0.15) is 35.1 Å². The first-order chi connectivity index (χ1) is 26.7. The number of benzene rings is 2. The van der Waals surface area contributed by atoms with Crippen molar-refractivity contribution in [1.82, 2.24) is 31.4 Å². The van der Waals surface area contributed by atoms with Gasteiger partial charge in [0.2, 0.25) is 17.7 Å². The zero-order valence-electron chi connectivity index (χ0n) is 34.2. The number of unbranched alkanes of at least 4 members (excludes halogenated alkanes) is 1. The van der Waals surface area contributed by atoms with Gasteiger partial charge in [-0.3, -0.25) is 14.6 Å². The number of carbonyl (C=O) groups excluding carboxylic acids is 4. The van der Waals surface area contributed by atoms with Crippen LogP contribution in [0.5, 0.6) is 5.75 Å². The Morgan fingerprint density at radius 3 is 2.07 bits per heavy atom. The molecule has 3 aromatic rings. The van der Waals surface area contributed by atoms with Crippen molar-refractivity contribution in [2.24, 2.45) is 16.5 Å². The molecule has 0 aliphatic rings. The van der Waals surface area contributed by atoms with Crippen molar-refractivity contribution in [3.63, 3.8) is 0 Å². The van der Waals surface area contributed by atoms with Crippen LogP contribution in [0, 0.1) is 13.8 Å². The third kappa shape index (κ3) is 16.8. The van der Waals surface area contributed by atoms with E-state index in [1.54, 1.807) is 67.5 Å². The lowest BCUT2D eigenvalue weighted by Gasteiger charge is -2.26. The molecule has 1 unspecified atom stereocenters.